The number of allylic oxidation sites excluding steroid dienone is 2. The van der Waals surface area contributed by atoms with Gasteiger partial charge in [0.05, 0.1) is 18.1 Å². The van der Waals surface area contributed by atoms with Crippen molar-refractivity contribution in [1.82, 2.24) is 0 Å². The van der Waals surface area contributed by atoms with Crippen LogP contribution < -0.4 is 0 Å². The summed E-state index contributed by atoms with van der Waals surface area (Å²) in [5.74, 6) is 2.72. The molecule has 5 aliphatic carbocycles. The summed E-state index contributed by atoms with van der Waals surface area (Å²) >= 11 is 0. The van der Waals surface area contributed by atoms with Crippen LogP contribution in [0.1, 0.15) is 117 Å². The second-order valence-electron chi connectivity index (χ2n) is 17.2. The summed E-state index contributed by atoms with van der Waals surface area (Å²) in [5.41, 5.74) is 3.45. The number of aryl methyl sites for hydroxylation is 1. The van der Waals surface area contributed by atoms with Gasteiger partial charge in [-0.1, -0.05) is 72.2 Å². The number of benzene rings is 1. The van der Waals surface area contributed by atoms with E-state index in [1.807, 2.05) is 19.1 Å². The normalized spacial score (nSPS) is 45.1. The maximum atomic E-state index is 14.3. The Labute approximate surface area is 261 Å². The maximum absolute atomic E-state index is 14.3. The Morgan fingerprint density at radius 3 is 2.42 bits per heavy atom. The van der Waals surface area contributed by atoms with Crippen molar-refractivity contribution in [2.75, 3.05) is 6.61 Å². The van der Waals surface area contributed by atoms with Crippen molar-refractivity contribution in [2.24, 2.45) is 56.7 Å². The van der Waals surface area contributed by atoms with Gasteiger partial charge in [0.1, 0.15) is 5.75 Å². The first-order valence-electron chi connectivity index (χ1n) is 17.5. The summed E-state index contributed by atoms with van der Waals surface area (Å²) < 4.78 is 6.19. The predicted molar refractivity (Wildman–Crippen MR) is 172 cm³/mol. The van der Waals surface area contributed by atoms with Gasteiger partial charge >= 0.3 is 5.97 Å². The number of phenols is 1. The van der Waals surface area contributed by atoms with Crippen LogP contribution in [0, 0.1) is 63.6 Å². The summed E-state index contributed by atoms with van der Waals surface area (Å²) in [6, 6.07) is 5.75. The fraction of sp³-hybridized carbons (Fsp3) is 0.769. The molecule has 0 spiro atoms. The van der Waals surface area contributed by atoms with E-state index in [1.54, 1.807) is 11.6 Å². The Bertz CT molecular complexity index is 1300. The van der Waals surface area contributed by atoms with E-state index in [1.165, 1.54) is 12.8 Å². The predicted octanol–water partition coefficient (Wildman–Crippen LogP) is 8.80. The molecule has 0 bridgehead atoms. The molecular weight excluding hydrogens is 532 g/mol. The molecule has 0 unspecified atom stereocenters. The third kappa shape index (κ3) is 4.34. The van der Waals surface area contributed by atoms with Crippen molar-refractivity contribution in [3.8, 4) is 5.75 Å². The van der Waals surface area contributed by atoms with Crippen LogP contribution >= 0.6 is 0 Å². The highest BCUT2D eigenvalue weighted by Gasteiger charge is 2.69. The fourth-order valence-corrected chi connectivity index (χ4v) is 12.0. The van der Waals surface area contributed by atoms with Crippen LogP contribution in [0.25, 0.3) is 0 Å². The molecule has 1 aromatic carbocycles. The van der Waals surface area contributed by atoms with Crippen LogP contribution in [0.4, 0.5) is 0 Å². The van der Waals surface area contributed by atoms with Crippen molar-refractivity contribution < 1.29 is 19.7 Å². The Morgan fingerprint density at radius 2 is 1.70 bits per heavy atom. The first kappa shape index (κ1) is 31.2. The summed E-state index contributed by atoms with van der Waals surface area (Å²) in [6.07, 6.45) is 12.5. The molecule has 0 saturated heterocycles. The van der Waals surface area contributed by atoms with Gasteiger partial charge in [-0.2, -0.15) is 0 Å². The molecule has 10 atom stereocenters. The van der Waals surface area contributed by atoms with Crippen LogP contribution in [-0.2, 0) is 16.0 Å². The fourth-order valence-electron chi connectivity index (χ4n) is 12.0. The molecule has 4 nitrogen and oxygen atoms in total. The molecule has 0 heterocycles. The van der Waals surface area contributed by atoms with E-state index in [0.717, 1.165) is 56.1 Å². The van der Waals surface area contributed by atoms with Gasteiger partial charge in [0.25, 0.3) is 0 Å². The molecule has 2 N–H and O–H groups in total. The highest BCUT2D eigenvalue weighted by molar-refractivity contribution is 5.79. The van der Waals surface area contributed by atoms with Gasteiger partial charge in [0, 0.05) is 6.42 Å². The summed E-state index contributed by atoms with van der Waals surface area (Å²) in [5, 5.41) is 21.2. The maximum Gasteiger partial charge on any atom is 0.312 e. The topological polar surface area (TPSA) is 66.8 Å². The van der Waals surface area contributed by atoms with E-state index in [-0.39, 0.29) is 39.7 Å². The highest BCUT2D eigenvalue weighted by Crippen LogP contribution is 2.75. The van der Waals surface area contributed by atoms with Crippen molar-refractivity contribution in [1.29, 1.82) is 0 Å². The van der Waals surface area contributed by atoms with Gasteiger partial charge in [-0.25, -0.2) is 0 Å². The molecule has 1 aromatic rings. The third-order valence-electron chi connectivity index (χ3n) is 15.3. The number of rotatable bonds is 4. The number of carbonyl (C=O) groups excluding carboxylic acids is 1. The summed E-state index contributed by atoms with van der Waals surface area (Å²) in [6.45, 7) is 19.5. The standard InChI is InChI=1S/C39H58O4/c1-24-13-19-39(34(42)43-22-16-27-10-9-25(2)29(40)23-27)21-20-37(7)28(33(39)26(24)3)11-12-31-36(6)17-15-32(41)35(4,5)30(36)14-18-38(31,37)8/h9-11,23-24,26,30-33,40-41H,12-22H2,1-8H3/t24-,26+,30+,31-,32+,33+,36+,37-,38-,39+/m1/s1. The molecule has 5 aliphatic rings. The third-order valence-corrected chi connectivity index (χ3v) is 15.3. The number of fused-ring (bicyclic) bond motifs is 7. The van der Waals surface area contributed by atoms with Crippen molar-refractivity contribution in [3.63, 3.8) is 0 Å². The molecular formula is C39H58O4. The molecule has 43 heavy (non-hydrogen) atoms. The number of aliphatic hydroxyl groups excluding tert-OH is 1. The molecule has 0 radical (unpaired) electrons. The van der Waals surface area contributed by atoms with Crippen LogP contribution in [0.15, 0.2) is 29.8 Å². The Balaban J connectivity index is 1.31. The minimum Gasteiger partial charge on any atom is -0.508 e. The average molecular weight is 591 g/mol. The lowest BCUT2D eigenvalue weighted by Crippen LogP contribution is -2.65. The van der Waals surface area contributed by atoms with Crippen LogP contribution in [0.2, 0.25) is 0 Å². The second-order valence-corrected chi connectivity index (χ2v) is 17.2. The number of phenolic OH excluding ortho intramolecular Hbond substituents is 1. The first-order chi connectivity index (χ1) is 20.1. The van der Waals surface area contributed by atoms with Crippen molar-refractivity contribution in [3.05, 3.63) is 41.0 Å². The molecule has 0 aromatic heterocycles. The smallest absolute Gasteiger partial charge is 0.312 e. The van der Waals surface area contributed by atoms with E-state index in [0.29, 0.717) is 42.4 Å². The lowest BCUT2D eigenvalue weighted by Gasteiger charge is -2.71. The monoisotopic (exact) mass is 590 g/mol. The second kappa shape index (κ2) is 10.4. The molecule has 4 saturated carbocycles. The van der Waals surface area contributed by atoms with Crippen molar-refractivity contribution >= 4 is 5.97 Å². The number of hydrogen-bond acceptors (Lipinski definition) is 4. The van der Waals surface area contributed by atoms with Gasteiger partial charge in [-0.15, -0.1) is 0 Å². The van der Waals surface area contributed by atoms with Gasteiger partial charge < -0.3 is 14.9 Å². The molecule has 6 rings (SSSR count). The van der Waals surface area contributed by atoms with E-state index in [4.69, 9.17) is 4.74 Å². The molecule has 4 heteroatoms. The van der Waals surface area contributed by atoms with Crippen LogP contribution in [0.3, 0.4) is 0 Å². The Kier molecular flexibility index (Phi) is 7.51. The Hall–Kier alpha value is -1.81. The number of esters is 1. The quantitative estimate of drug-likeness (QED) is 0.272. The number of carbonyl (C=O) groups is 1. The molecule has 0 amide bonds. The number of aliphatic hydroxyl groups is 1. The van der Waals surface area contributed by atoms with Gasteiger partial charge in [0.2, 0.25) is 0 Å². The lowest BCUT2D eigenvalue weighted by molar-refractivity contribution is -0.207. The van der Waals surface area contributed by atoms with E-state index >= 15 is 0 Å². The average Bonchev–Trinajstić information content (AvgIpc) is 2.95. The van der Waals surface area contributed by atoms with E-state index in [9.17, 15) is 15.0 Å². The molecule has 4 fully saturated rings. The number of aromatic hydroxyl groups is 1. The van der Waals surface area contributed by atoms with Gasteiger partial charge in [-0.3, -0.25) is 4.79 Å². The summed E-state index contributed by atoms with van der Waals surface area (Å²) in [7, 11) is 0. The van der Waals surface area contributed by atoms with Gasteiger partial charge in [-0.05, 0) is 133 Å². The first-order valence-corrected chi connectivity index (χ1v) is 17.5. The minimum atomic E-state index is -0.437. The zero-order chi connectivity index (χ0) is 31.2. The largest absolute Gasteiger partial charge is 0.508 e. The van der Waals surface area contributed by atoms with Gasteiger partial charge in [0.15, 0.2) is 0 Å². The highest BCUT2D eigenvalue weighted by atomic mass is 16.5. The number of ether oxygens (including phenoxy) is 1. The molecule has 238 valence electrons. The Morgan fingerprint density at radius 1 is 0.953 bits per heavy atom. The zero-order valence-electron chi connectivity index (χ0n) is 28.3. The zero-order valence-corrected chi connectivity index (χ0v) is 28.3. The SMILES string of the molecule is Cc1ccc(CCOC(=O)[C@]23CC[C@@H](C)[C@H](C)[C@H]2C2=CC[C@@H]4[C@@]5(C)CC[C@H](O)C(C)(C)[C@@H]5CC[C@@]4(C)[C@]2(C)CC3)cc1O. The van der Waals surface area contributed by atoms with Crippen LogP contribution in [-0.4, -0.2) is 28.9 Å². The lowest BCUT2D eigenvalue weighted by atomic mass is 9.33. The van der Waals surface area contributed by atoms with E-state index < -0.39 is 5.41 Å². The molecule has 0 aliphatic heterocycles. The minimum absolute atomic E-state index is 0.0153. The van der Waals surface area contributed by atoms with Crippen molar-refractivity contribution in [2.45, 2.75) is 126 Å². The number of hydrogen-bond donors (Lipinski definition) is 2. The van der Waals surface area contributed by atoms with E-state index in [2.05, 4.69) is 54.5 Å². The summed E-state index contributed by atoms with van der Waals surface area (Å²) in [4.78, 5) is 14.3. The van der Waals surface area contributed by atoms with Crippen LogP contribution in [0.5, 0.6) is 5.75 Å².